The van der Waals surface area contributed by atoms with E-state index in [0.29, 0.717) is 33.5 Å². The van der Waals surface area contributed by atoms with Crippen molar-refractivity contribution in [2.75, 3.05) is 12.4 Å². The van der Waals surface area contributed by atoms with E-state index in [-0.39, 0.29) is 22.4 Å². The Morgan fingerprint density at radius 3 is 2.29 bits per heavy atom. The molecule has 3 aromatic rings. The first-order valence-electron chi connectivity index (χ1n) is 15.1. The van der Waals surface area contributed by atoms with Crippen LogP contribution in [0.2, 0.25) is 0 Å². The molecule has 250 valence electrons. The fourth-order valence-corrected chi connectivity index (χ4v) is 6.36. The zero-order valence-electron chi connectivity index (χ0n) is 26.7. The second kappa shape index (κ2) is 17.8. The fraction of sp³-hybridized carbons (Fsp3) is 0.132. The van der Waals surface area contributed by atoms with Crippen LogP contribution in [-0.4, -0.2) is 51.2 Å². The lowest BCUT2D eigenvalue weighted by molar-refractivity contribution is -0.139. The lowest BCUT2D eigenvalue weighted by atomic mass is 9.99. The monoisotopic (exact) mass is 739 g/mol. The highest BCUT2D eigenvalue weighted by atomic mass is 79.9. The first-order valence-corrected chi connectivity index (χ1v) is 16.9. The van der Waals surface area contributed by atoms with E-state index in [1.165, 1.54) is 11.0 Å². The van der Waals surface area contributed by atoms with Gasteiger partial charge in [-0.3, -0.25) is 19.3 Å². The number of allylic oxidation sites excluding steroid dienone is 5. The van der Waals surface area contributed by atoms with Crippen LogP contribution in [0.4, 0.5) is 0 Å². The molecule has 1 aliphatic heterocycles. The zero-order valence-corrected chi connectivity index (χ0v) is 29.1. The van der Waals surface area contributed by atoms with Gasteiger partial charge in [-0.15, -0.1) is 6.58 Å². The van der Waals surface area contributed by atoms with Gasteiger partial charge in [0.15, 0.2) is 11.8 Å². The molecule has 0 spiro atoms. The Kier molecular flexibility index (Phi) is 13.3. The summed E-state index contributed by atoms with van der Waals surface area (Å²) in [5.74, 6) is -2.67. The number of halogens is 1. The van der Waals surface area contributed by atoms with Gasteiger partial charge in [0.2, 0.25) is 5.91 Å². The summed E-state index contributed by atoms with van der Waals surface area (Å²) in [4.78, 5) is 57.5. The van der Waals surface area contributed by atoms with Gasteiger partial charge in [-0.05, 0) is 75.8 Å². The summed E-state index contributed by atoms with van der Waals surface area (Å²) in [6, 6.07) is 22.0. The third-order valence-corrected chi connectivity index (χ3v) is 8.60. The number of amides is 3. The van der Waals surface area contributed by atoms with Crippen LogP contribution in [0.25, 0.3) is 6.08 Å². The number of hydrogen-bond donors (Lipinski definition) is 2. The number of hydrogen-bond acceptors (Lipinski definition) is 6. The molecule has 0 unspecified atom stereocenters. The molecule has 3 aromatic carbocycles. The summed E-state index contributed by atoms with van der Waals surface area (Å²) in [6.07, 6.45) is 9.93. The number of thioether (sulfide) groups is 1. The molecule has 3 amide bonds. The summed E-state index contributed by atoms with van der Waals surface area (Å²) >= 11 is 4.39. The van der Waals surface area contributed by atoms with Gasteiger partial charge in [0.05, 0.1) is 16.3 Å². The van der Waals surface area contributed by atoms with Gasteiger partial charge < -0.3 is 15.2 Å². The minimum atomic E-state index is -1.14. The molecule has 2 N–H and O–H groups in total. The molecule has 49 heavy (non-hydrogen) atoms. The largest absolute Gasteiger partial charge is 0.480 e. The number of benzene rings is 3. The van der Waals surface area contributed by atoms with Crippen molar-refractivity contribution in [1.82, 2.24) is 10.2 Å². The van der Waals surface area contributed by atoms with E-state index in [1.807, 2.05) is 60.7 Å². The summed E-state index contributed by atoms with van der Waals surface area (Å²) in [6.45, 7) is 8.65. The number of carbonyl (C=O) groups excluding carboxylic acids is 3. The van der Waals surface area contributed by atoms with Crippen molar-refractivity contribution < 1.29 is 29.0 Å². The maximum atomic E-state index is 14.1. The Morgan fingerprint density at radius 1 is 1.06 bits per heavy atom. The van der Waals surface area contributed by atoms with Gasteiger partial charge in [0.25, 0.3) is 11.8 Å². The van der Waals surface area contributed by atoms with Crippen LogP contribution in [0.15, 0.2) is 137 Å². The highest BCUT2D eigenvalue weighted by molar-refractivity contribution is 9.10. The Labute approximate surface area is 297 Å². The molecule has 0 fully saturated rings. The SMILES string of the molecule is C=C/C=C\C(=C/C)N1C(=O)/C(=C/c2cc(Br)c(OCC(=O)O)c(CC=C)c2)C(=O)N=C1SCC(=O)NC(c1ccccc1)c1ccccc1. The number of carboxylic acids is 1. The average molecular weight is 741 g/mol. The summed E-state index contributed by atoms with van der Waals surface area (Å²) in [5, 5.41) is 12.2. The lowest BCUT2D eigenvalue weighted by Crippen LogP contribution is -2.42. The number of ether oxygens (including phenoxy) is 1. The van der Waals surface area contributed by atoms with E-state index in [9.17, 15) is 19.2 Å². The minimum Gasteiger partial charge on any atom is -0.480 e. The van der Waals surface area contributed by atoms with Crippen LogP contribution in [0.5, 0.6) is 5.75 Å². The van der Waals surface area contributed by atoms with Crippen LogP contribution in [0, 0.1) is 0 Å². The van der Waals surface area contributed by atoms with E-state index in [0.717, 1.165) is 22.9 Å². The predicted molar refractivity (Wildman–Crippen MR) is 197 cm³/mol. The Balaban J connectivity index is 1.66. The zero-order chi connectivity index (χ0) is 35.3. The smallest absolute Gasteiger partial charge is 0.341 e. The van der Waals surface area contributed by atoms with Crippen molar-refractivity contribution in [2.24, 2.45) is 4.99 Å². The van der Waals surface area contributed by atoms with Crippen molar-refractivity contribution in [2.45, 2.75) is 19.4 Å². The minimum absolute atomic E-state index is 0.0472. The number of aliphatic carboxylic acids is 1. The number of carboxylic acid groups (broad SMARTS) is 1. The van der Waals surface area contributed by atoms with Crippen molar-refractivity contribution in [3.8, 4) is 5.75 Å². The van der Waals surface area contributed by atoms with Crippen molar-refractivity contribution in [3.63, 3.8) is 0 Å². The molecule has 0 aliphatic carbocycles. The Morgan fingerprint density at radius 2 is 1.71 bits per heavy atom. The van der Waals surface area contributed by atoms with Gasteiger partial charge in [-0.1, -0.05) is 103 Å². The van der Waals surface area contributed by atoms with Crippen LogP contribution in [0.3, 0.4) is 0 Å². The highest BCUT2D eigenvalue weighted by Gasteiger charge is 2.35. The van der Waals surface area contributed by atoms with Crippen molar-refractivity contribution in [3.05, 3.63) is 154 Å². The van der Waals surface area contributed by atoms with E-state index in [4.69, 9.17) is 9.84 Å². The number of nitrogens with one attached hydrogen (secondary N) is 1. The molecule has 0 radical (unpaired) electrons. The highest BCUT2D eigenvalue weighted by Crippen LogP contribution is 2.34. The molecule has 0 atom stereocenters. The first kappa shape index (κ1) is 36.6. The first-order chi connectivity index (χ1) is 23.7. The third-order valence-electron chi connectivity index (χ3n) is 7.07. The van der Waals surface area contributed by atoms with Crippen molar-refractivity contribution >= 4 is 62.6 Å². The summed E-state index contributed by atoms with van der Waals surface area (Å²) < 4.78 is 5.90. The Bertz CT molecular complexity index is 1830. The molecule has 0 saturated heterocycles. The molecular formula is C38H34BrN3O6S. The summed E-state index contributed by atoms with van der Waals surface area (Å²) in [5.41, 5.74) is 3.10. The van der Waals surface area contributed by atoms with Gasteiger partial charge in [-0.2, -0.15) is 4.99 Å². The molecule has 11 heteroatoms. The van der Waals surface area contributed by atoms with Gasteiger partial charge in [0, 0.05) is 5.70 Å². The van der Waals surface area contributed by atoms with E-state index in [2.05, 4.69) is 39.4 Å². The van der Waals surface area contributed by atoms with Gasteiger partial charge in [0.1, 0.15) is 11.3 Å². The predicted octanol–water partition coefficient (Wildman–Crippen LogP) is 7.03. The topological polar surface area (TPSA) is 125 Å². The van der Waals surface area contributed by atoms with E-state index >= 15 is 0 Å². The molecular weight excluding hydrogens is 706 g/mol. The fourth-order valence-electron chi connectivity index (χ4n) is 4.92. The van der Waals surface area contributed by atoms with E-state index in [1.54, 1.807) is 49.4 Å². The lowest BCUT2D eigenvalue weighted by Gasteiger charge is -2.28. The Hall–Kier alpha value is -5.26. The van der Waals surface area contributed by atoms with Crippen molar-refractivity contribution in [1.29, 1.82) is 0 Å². The standard InChI is InChI=1S/C38H34BrN3O6S/c1-4-7-19-29(6-3)42-37(47)30(21-25-20-28(14-5-2)35(31(39)22-25)48-23-33(44)45)36(46)41-38(42)49-24-32(43)40-34(26-15-10-8-11-16-26)27-17-12-9-13-18-27/h4-13,15-22,34H,1-2,14,23-24H2,3H3,(H,40,43)(H,44,45)/b19-7-,29-6+,30-21+. The number of aliphatic imine (C=N–C) groups is 1. The van der Waals surface area contributed by atoms with Gasteiger partial charge >= 0.3 is 5.97 Å². The normalized spacial score (nSPS) is 14.3. The number of carbonyl (C=O) groups is 4. The number of nitrogens with zero attached hydrogens (tertiary/aromatic N) is 2. The second-order valence-electron chi connectivity index (χ2n) is 10.5. The third kappa shape index (κ3) is 9.65. The van der Waals surface area contributed by atoms with E-state index < -0.39 is 30.4 Å². The molecule has 0 aromatic heterocycles. The molecule has 4 rings (SSSR count). The summed E-state index contributed by atoms with van der Waals surface area (Å²) in [7, 11) is 0. The molecule has 1 heterocycles. The van der Waals surface area contributed by atoms with Crippen LogP contribution < -0.4 is 10.1 Å². The average Bonchev–Trinajstić information content (AvgIpc) is 3.09. The number of amidine groups is 1. The van der Waals surface area contributed by atoms with Crippen LogP contribution in [0.1, 0.15) is 35.2 Å². The van der Waals surface area contributed by atoms with Crippen LogP contribution in [-0.2, 0) is 25.6 Å². The van der Waals surface area contributed by atoms with Crippen LogP contribution >= 0.6 is 27.7 Å². The maximum Gasteiger partial charge on any atom is 0.341 e. The van der Waals surface area contributed by atoms with Gasteiger partial charge in [-0.25, -0.2) is 4.79 Å². The molecule has 0 bridgehead atoms. The second-order valence-corrected chi connectivity index (χ2v) is 12.3. The number of rotatable bonds is 14. The molecule has 1 aliphatic rings. The molecule has 0 saturated carbocycles. The molecule has 9 nitrogen and oxygen atoms in total. The maximum absolute atomic E-state index is 14.1. The quantitative estimate of drug-likeness (QED) is 0.0787.